The number of benzene rings is 2. The van der Waals surface area contributed by atoms with E-state index < -0.39 is 0 Å². The van der Waals surface area contributed by atoms with E-state index in [1.54, 1.807) is 18.2 Å². The summed E-state index contributed by atoms with van der Waals surface area (Å²) >= 11 is 1.38. The number of phenols is 2. The van der Waals surface area contributed by atoms with Crippen LogP contribution in [0.2, 0.25) is 0 Å². The van der Waals surface area contributed by atoms with Gasteiger partial charge in [-0.25, -0.2) is 0 Å². The highest BCUT2D eigenvalue weighted by Crippen LogP contribution is 2.26. The van der Waals surface area contributed by atoms with E-state index in [0.29, 0.717) is 21.8 Å². The summed E-state index contributed by atoms with van der Waals surface area (Å²) < 4.78 is 5.62. The number of hydrogen-bond donors (Lipinski definition) is 2. The van der Waals surface area contributed by atoms with Crippen molar-refractivity contribution in [2.24, 2.45) is 0 Å². The SMILES string of the molecule is O=c1cc(SCc2ccc(O)cc2)oc2cc(O)ccc12. The molecule has 2 N–H and O–H groups in total. The van der Waals surface area contributed by atoms with Gasteiger partial charge in [0.1, 0.15) is 17.1 Å². The smallest absolute Gasteiger partial charge is 0.193 e. The summed E-state index contributed by atoms with van der Waals surface area (Å²) in [6, 6.07) is 12.7. The lowest BCUT2D eigenvalue weighted by atomic mass is 10.2. The number of thioether (sulfide) groups is 1. The molecule has 0 unspecified atom stereocenters. The van der Waals surface area contributed by atoms with Gasteiger partial charge in [0.2, 0.25) is 0 Å². The van der Waals surface area contributed by atoms with Crippen molar-refractivity contribution in [1.29, 1.82) is 0 Å². The van der Waals surface area contributed by atoms with E-state index in [0.717, 1.165) is 5.56 Å². The zero-order valence-electron chi connectivity index (χ0n) is 10.9. The second-order valence-electron chi connectivity index (χ2n) is 4.57. The lowest BCUT2D eigenvalue weighted by Gasteiger charge is -2.04. The molecule has 0 fully saturated rings. The molecule has 106 valence electrons. The quantitative estimate of drug-likeness (QED) is 0.724. The van der Waals surface area contributed by atoms with Crippen molar-refractivity contribution in [2.45, 2.75) is 10.8 Å². The van der Waals surface area contributed by atoms with Gasteiger partial charge < -0.3 is 14.6 Å². The Morgan fingerprint density at radius 2 is 1.67 bits per heavy atom. The fourth-order valence-electron chi connectivity index (χ4n) is 1.94. The van der Waals surface area contributed by atoms with Gasteiger partial charge in [-0.1, -0.05) is 23.9 Å². The summed E-state index contributed by atoms with van der Waals surface area (Å²) in [6.45, 7) is 0. The van der Waals surface area contributed by atoms with Crippen LogP contribution >= 0.6 is 11.8 Å². The van der Waals surface area contributed by atoms with Crippen molar-refractivity contribution < 1.29 is 14.6 Å². The highest BCUT2D eigenvalue weighted by Gasteiger charge is 2.06. The molecular weight excluding hydrogens is 288 g/mol. The summed E-state index contributed by atoms with van der Waals surface area (Å²) in [5.74, 6) is 0.899. The predicted molar refractivity (Wildman–Crippen MR) is 81.8 cm³/mol. The van der Waals surface area contributed by atoms with Crippen molar-refractivity contribution >= 4 is 22.7 Å². The van der Waals surface area contributed by atoms with Crippen LogP contribution in [0.25, 0.3) is 11.0 Å². The van der Waals surface area contributed by atoms with E-state index in [1.807, 2.05) is 12.1 Å². The van der Waals surface area contributed by atoms with Crippen molar-refractivity contribution in [3.8, 4) is 11.5 Å². The van der Waals surface area contributed by atoms with E-state index >= 15 is 0 Å². The number of fused-ring (bicyclic) bond motifs is 1. The Labute approximate surface area is 124 Å². The standard InChI is InChI=1S/C16H12O4S/c17-11-3-1-10(2-4-11)9-21-16-8-14(19)13-6-5-12(18)7-15(13)20-16/h1-8,17-18H,9H2. The van der Waals surface area contributed by atoms with Gasteiger partial charge in [-0.15, -0.1) is 0 Å². The van der Waals surface area contributed by atoms with E-state index in [-0.39, 0.29) is 16.9 Å². The molecule has 1 aromatic heterocycles. The molecule has 5 heteroatoms. The Kier molecular flexibility index (Phi) is 3.58. The van der Waals surface area contributed by atoms with Crippen molar-refractivity contribution in [3.05, 3.63) is 64.3 Å². The molecule has 0 aliphatic carbocycles. The summed E-state index contributed by atoms with van der Waals surface area (Å²) in [4.78, 5) is 12.0. The fourth-order valence-corrected chi connectivity index (χ4v) is 2.78. The van der Waals surface area contributed by atoms with Crippen LogP contribution in [0, 0.1) is 0 Å². The minimum atomic E-state index is -0.135. The second kappa shape index (κ2) is 5.54. The van der Waals surface area contributed by atoms with Crippen molar-refractivity contribution in [3.63, 3.8) is 0 Å². The number of phenolic OH excluding ortho intramolecular Hbond substituents is 2. The van der Waals surface area contributed by atoms with Gasteiger partial charge in [-0.3, -0.25) is 4.79 Å². The Balaban J connectivity index is 1.87. The van der Waals surface area contributed by atoms with Gasteiger partial charge in [-0.05, 0) is 29.8 Å². The molecule has 0 aliphatic heterocycles. The molecule has 2 aromatic carbocycles. The molecule has 0 radical (unpaired) electrons. The van der Waals surface area contributed by atoms with Crippen LogP contribution in [0.3, 0.4) is 0 Å². The summed E-state index contributed by atoms with van der Waals surface area (Å²) in [6.07, 6.45) is 0. The predicted octanol–water partition coefficient (Wildman–Crippen LogP) is 3.50. The van der Waals surface area contributed by atoms with Crippen LogP contribution in [0.4, 0.5) is 0 Å². The highest BCUT2D eigenvalue weighted by atomic mass is 32.2. The molecule has 0 spiro atoms. The maximum absolute atomic E-state index is 12.0. The third-order valence-corrected chi connectivity index (χ3v) is 3.97. The Bertz CT molecular complexity index is 837. The van der Waals surface area contributed by atoms with Gasteiger partial charge in [-0.2, -0.15) is 0 Å². The van der Waals surface area contributed by atoms with Gasteiger partial charge in [0, 0.05) is 17.9 Å². The molecule has 21 heavy (non-hydrogen) atoms. The molecule has 0 saturated heterocycles. The summed E-state index contributed by atoms with van der Waals surface area (Å²) in [5, 5.41) is 19.6. The Morgan fingerprint density at radius 3 is 2.43 bits per heavy atom. The lowest BCUT2D eigenvalue weighted by molar-refractivity contribution is 0.468. The Hall–Kier alpha value is -2.40. The van der Waals surface area contributed by atoms with Crippen LogP contribution in [-0.2, 0) is 5.75 Å². The highest BCUT2D eigenvalue weighted by molar-refractivity contribution is 7.98. The molecule has 0 bridgehead atoms. The average Bonchev–Trinajstić information content (AvgIpc) is 2.46. The Morgan fingerprint density at radius 1 is 0.952 bits per heavy atom. The molecule has 0 atom stereocenters. The molecule has 0 aliphatic rings. The van der Waals surface area contributed by atoms with Crippen molar-refractivity contribution in [1.82, 2.24) is 0 Å². The van der Waals surface area contributed by atoms with Crippen LogP contribution in [-0.4, -0.2) is 10.2 Å². The van der Waals surface area contributed by atoms with E-state index in [9.17, 15) is 15.0 Å². The lowest BCUT2D eigenvalue weighted by Crippen LogP contribution is -1.99. The normalized spacial score (nSPS) is 10.9. The van der Waals surface area contributed by atoms with Crippen LogP contribution in [0.5, 0.6) is 11.5 Å². The van der Waals surface area contributed by atoms with Crippen LogP contribution < -0.4 is 5.43 Å². The molecule has 0 saturated carbocycles. The number of hydrogen-bond acceptors (Lipinski definition) is 5. The summed E-state index contributed by atoms with van der Waals surface area (Å²) in [7, 11) is 0. The van der Waals surface area contributed by atoms with Crippen LogP contribution in [0.15, 0.2) is 62.8 Å². The first-order valence-corrected chi connectivity index (χ1v) is 7.28. The van der Waals surface area contributed by atoms with Gasteiger partial charge in [0.05, 0.1) is 5.39 Å². The van der Waals surface area contributed by atoms with Gasteiger partial charge >= 0.3 is 0 Å². The van der Waals surface area contributed by atoms with E-state index in [4.69, 9.17) is 4.42 Å². The monoisotopic (exact) mass is 300 g/mol. The molecule has 1 heterocycles. The molecular formula is C16H12O4S. The van der Waals surface area contributed by atoms with Gasteiger partial charge in [0.25, 0.3) is 0 Å². The minimum absolute atomic E-state index is 0.0614. The maximum Gasteiger partial charge on any atom is 0.193 e. The third kappa shape index (κ3) is 3.03. The summed E-state index contributed by atoms with van der Waals surface area (Å²) in [5.41, 5.74) is 1.25. The van der Waals surface area contributed by atoms with Crippen LogP contribution in [0.1, 0.15) is 5.56 Å². The van der Waals surface area contributed by atoms with E-state index in [2.05, 4.69) is 0 Å². The number of aromatic hydroxyl groups is 2. The van der Waals surface area contributed by atoms with E-state index in [1.165, 1.54) is 30.0 Å². The molecule has 3 aromatic rings. The molecule has 0 amide bonds. The van der Waals surface area contributed by atoms with Gasteiger partial charge in [0.15, 0.2) is 10.5 Å². The minimum Gasteiger partial charge on any atom is -0.508 e. The maximum atomic E-state index is 12.0. The largest absolute Gasteiger partial charge is 0.508 e. The zero-order chi connectivity index (χ0) is 14.8. The average molecular weight is 300 g/mol. The number of rotatable bonds is 3. The second-order valence-corrected chi connectivity index (χ2v) is 5.54. The van der Waals surface area contributed by atoms with Crippen molar-refractivity contribution in [2.75, 3.05) is 0 Å². The zero-order valence-corrected chi connectivity index (χ0v) is 11.8. The fraction of sp³-hybridized carbons (Fsp3) is 0.0625. The molecule has 4 nitrogen and oxygen atoms in total. The molecule has 3 rings (SSSR count). The first-order chi connectivity index (χ1) is 10.1. The topological polar surface area (TPSA) is 70.7 Å². The third-order valence-electron chi connectivity index (χ3n) is 3.01. The first kappa shape index (κ1) is 13.6. The first-order valence-electron chi connectivity index (χ1n) is 6.29.